The van der Waals surface area contributed by atoms with Crippen LogP contribution in [0, 0.1) is 28.4 Å². The molecule has 0 unspecified atom stereocenters. The Balaban J connectivity index is 1.44. The Morgan fingerprint density at radius 1 is 1.19 bits per heavy atom. The van der Waals surface area contributed by atoms with E-state index in [1.165, 1.54) is 6.07 Å². The number of rotatable bonds is 7. The number of alkyl halides is 3. The van der Waals surface area contributed by atoms with Gasteiger partial charge in [-0.3, -0.25) is 4.90 Å². The SMILES string of the molecule is N#CC1(COc2cc(F)c(C(=O)O)cc2C2CC2)CCN(Cc2cc(C(F)(F)F)cc(Cl)c2F)CC1. The fourth-order valence-electron chi connectivity index (χ4n) is 4.38. The lowest BCUT2D eigenvalue weighted by molar-refractivity contribution is -0.137. The van der Waals surface area contributed by atoms with Crippen molar-refractivity contribution in [2.24, 2.45) is 5.41 Å². The fourth-order valence-corrected chi connectivity index (χ4v) is 4.62. The Kier molecular flexibility index (Phi) is 7.17. The Hall–Kier alpha value is -2.90. The maximum absolute atomic E-state index is 14.4. The van der Waals surface area contributed by atoms with Crippen molar-refractivity contribution in [1.82, 2.24) is 4.90 Å². The van der Waals surface area contributed by atoms with Gasteiger partial charge in [0, 0.05) is 31.3 Å². The maximum Gasteiger partial charge on any atom is 0.416 e. The van der Waals surface area contributed by atoms with Crippen molar-refractivity contribution in [2.45, 2.75) is 44.3 Å². The average molecular weight is 529 g/mol. The zero-order valence-corrected chi connectivity index (χ0v) is 19.7. The van der Waals surface area contributed by atoms with E-state index in [-0.39, 0.29) is 30.4 Å². The van der Waals surface area contributed by atoms with Crippen LogP contribution >= 0.6 is 11.6 Å². The first-order valence-corrected chi connectivity index (χ1v) is 11.7. The molecule has 1 aliphatic carbocycles. The minimum Gasteiger partial charge on any atom is -0.492 e. The van der Waals surface area contributed by atoms with Gasteiger partial charge in [-0.15, -0.1) is 0 Å². The Morgan fingerprint density at radius 3 is 2.42 bits per heavy atom. The highest BCUT2D eigenvalue weighted by atomic mass is 35.5. The average Bonchev–Trinajstić information content (AvgIpc) is 3.66. The number of nitriles is 1. The summed E-state index contributed by atoms with van der Waals surface area (Å²) in [6, 6.07) is 5.86. The van der Waals surface area contributed by atoms with E-state index < -0.39 is 45.3 Å². The summed E-state index contributed by atoms with van der Waals surface area (Å²) in [4.78, 5) is 13.0. The number of hydrogen-bond donors (Lipinski definition) is 1. The van der Waals surface area contributed by atoms with Gasteiger partial charge in [-0.25, -0.2) is 13.6 Å². The van der Waals surface area contributed by atoms with Crippen molar-refractivity contribution < 1.29 is 36.6 Å². The van der Waals surface area contributed by atoms with Gasteiger partial charge in [-0.1, -0.05) is 11.6 Å². The summed E-state index contributed by atoms with van der Waals surface area (Å²) in [6.07, 6.45) is -2.41. The van der Waals surface area contributed by atoms with Crippen LogP contribution in [-0.2, 0) is 12.7 Å². The first-order chi connectivity index (χ1) is 16.9. The first kappa shape index (κ1) is 26.2. The molecule has 0 spiro atoms. The number of nitrogens with zero attached hydrogens (tertiary/aromatic N) is 2. The molecule has 11 heteroatoms. The Labute approximate surface area is 209 Å². The van der Waals surface area contributed by atoms with Gasteiger partial charge in [0.1, 0.15) is 24.0 Å². The normalized spacial score (nSPS) is 18.0. The molecule has 1 saturated heterocycles. The predicted octanol–water partition coefficient (Wildman–Crippen LogP) is 6.40. The lowest BCUT2D eigenvalue weighted by Gasteiger charge is -2.37. The van der Waals surface area contributed by atoms with Crippen molar-refractivity contribution in [3.63, 3.8) is 0 Å². The van der Waals surface area contributed by atoms with E-state index in [9.17, 15) is 37.1 Å². The van der Waals surface area contributed by atoms with Gasteiger partial charge in [0.05, 0.1) is 27.6 Å². The predicted molar refractivity (Wildman–Crippen MR) is 120 cm³/mol. The van der Waals surface area contributed by atoms with E-state index in [1.807, 2.05) is 0 Å². The molecule has 2 aromatic rings. The second kappa shape index (κ2) is 9.87. The maximum atomic E-state index is 14.4. The van der Waals surface area contributed by atoms with Gasteiger partial charge in [0.15, 0.2) is 0 Å². The van der Waals surface area contributed by atoms with E-state index in [4.69, 9.17) is 16.3 Å². The lowest BCUT2D eigenvalue weighted by Crippen LogP contribution is -2.42. The van der Waals surface area contributed by atoms with Crippen molar-refractivity contribution in [3.8, 4) is 11.8 Å². The number of halogens is 6. The van der Waals surface area contributed by atoms with Gasteiger partial charge in [0.25, 0.3) is 0 Å². The number of ether oxygens (including phenoxy) is 1. The van der Waals surface area contributed by atoms with Crippen LogP contribution in [0.25, 0.3) is 0 Å². The molecule has 1 N–H and O–H groups in total. The summed E-state index contributed by atoms with van der Waals surface area (Å²) in [5.41, 5.74) is -2.00. The molecule has 2 aliphatic rings. The molecule has 4 rings (SSSR count). The molecule has 36 heavy (non-hydrogen) atoms. The molecule has 1 saturated carbocycles. The van der Waals surface area contributed by atoms with E-state index in [2.05, 4.69) is 6.07 Å². The number of carboxylic acids is 1. The molecular formula is C25H22ClF5N2O3. The third kappa shape index (κ3) is 5.57. The van der Waals surface area contributed by atoms with Gasteiger partial charge in [-0.2, -0.15) is 18.4 Å². The number of carbonyl (C=O) groups is 1. The number of likely N-dealkylation sites (tertiary alicyclic amines) is 1. The Morgan fingerprint density at radius 2 is 1.86 bits per heavy atom. The molecule has 0 amide bonds. The molecule has 192 valence electrons. The topological polar surface area (TPSA) is 73.6 Å². The van der Waals surface area contributed by atoms with Crippen LogP contribution in [-0.4, -0.2) is 35.7 Å². The molecule has 1 aliphatic heterocycles. The molecule has 2 aromatic carbocycles. The van der Waals surface area contributed by atoms with Crippen LogP contribution in [0.3, 0.4) is 0 Å². The van der Waals surface area contributed by atoms with E-state index in [0.717, 1.165) is 25.0 Å². The zero-order valence-electron chi connectivity index (χ0n) is 19.0. The highest BCUT2D eigenvalue weighted by Gasteiger charge is 2.38. The molecule has 0 bridgehead atoms. The molecule has 5 nitrogen and oxygen atoms in total. The third-order valence-corrected chi connectivity index (χ3v) is 7.00. The number of aromatic carboxylic acids is 1. The summed E-state index contributed by atoms with van der Waals surface area (Å²) in [5, 5.41) is 18.5. The highest BCUT2D eigenvalue weighted by molar-refractivity contribution is 6.30. The van der Waals surface area contributed by atoms with Crippen molar-refractivity contribution in [2.75, 3.05) is 19.7 Å². The summed E-state index contributed by atoms with van der Waals surface area (Å²) in [5.74, 6) is -2.93. The number of benzene rings is 2. The van der Waals surface area contributed by atoms with Gasteiger partial charge in [-0.05, 0) is 55.4 Å². The highest BCUT2D eigenvalue weighted by Crippen LogP contribution is 2.46. The quantitative estimate of drug-likeness (QED) is 0.421. The number of hydrogen-bond acceptors (Lipinski definition) is 4. The summed E-state index contributed by atoms with van der Waals surface area (Å²) in [6.45, 7) is 0.427. The molecule has 2 fully saturated rings. The first-order valence-electron chi connectivity index (χ1n) is 11.3. The van der Waals surface area contributed by atoms with Gasteiger partial charge < -0.3 is 9.84 Å². The van der Waals surface area contributed by atoms with Crippen LogP contribution in [0.5, 0.6) is 5.75 Å². The number of piperidine rings is 1. The largest absolute Gasteiger partial charge is 0.492 e. The van der Waals surface area contributed by atoms with Crippen LogP contribution < -0.4 is 4.74 Å². The van der Waals surface area contributed by atoms with Crippen LogP contribution in [0.4, 0.5) is 22.0 Å². The van der Waals surface area contributed by atoms with Crippen molar-refractivity contribution >= 4 is 17.6 Å². The van der Waals surface area contributed by atoms with Crippen molar-refractivity contribution in [3.05, 3.63) is 63.2 Å². The smallest absolute Gasteiger partial charge is 0.416 e. The third-order valence-electron chi connectivity index (χ3n) is 6.73. The van der Waals surface area contributed by atoms with Gasteiger partial charge in [0.2, 0.25) is 0 Å². The lowest BCUT2D eigenvalue weighted by atomic mass is 9.80. The van der Waals surface area contributed by atoms with E-state index in [1.54, 1.807) is 4.90 Å². The second-order valence-electron chi connectivity index (χ2n) is 9.34. The minimum absolute atomic E-state index is 0.0628. The van der Waals surface area contributed by atoms with Crippen LogP contribution in [0.2, 0.25) is 5.02 Å². The number of carboxylic acid groups (broad SMARTS) is 1. The molecule has 1 heterocycles. The summed E-state index contributed by atoms with van der Waals surface area (Å²) < 4.78 is 73.8. The monoisotopic (exact) mass is 528 g/mol. The zero-order chi connectivity index (χ0) is 26.3. The molecule has 0 radical (unpaired) electrons. The Bertz CT molecular complexity index is 1220. The second-order valence-corrected chi connectivity index (χ2v) is 9.74. The molecule has 0 aromatic heterocycles. The van der Waals surface area contributed by atoms with Crippen LogP contribution in [0.1, 0.15) is 58.6 Å². The van der Waals surface area contributed by atoms with E-state index >= 15 is 0 Å². The van der Waals surface area contributed by atoms with Gasteiger partial charge >= 0.3 is 12.1 Å². The molecule has 0 atom stereocenters. The fraction of sp³-hybridized carbons (Fsp3) is 0.440. The summed E-state index contributed by atoms with van der Waals surface area (Å²) >= 11 is 5.68. The van der Waals surface area contributed by atoms with Crippen LogP contribution in [0.15, 0.2) is 24.3 Å². The van der Waals surface area contributed by atoms with Crippen molar-refractivity contribution in [1.29, 1.82) is 5.26 Å². The molecular weight excluding hydrogens is 507 g/mol. The standard InChI is InChI=1S/C25H22ClF5N2O3/c26-19-8-16(25(29,30)31)7-15(22(19)28)11-33-5-3-24(12-32,4-6-33)13-36-21-10-20(27)18(23(34)35)9-17(21)14-1-2-14/h7-10,14H,1-6,11,13H2,(H,34,35). The van der Waals surface area contributed by atoms with E-state index in [0.29, 0.717) is 37.6 Å². The summed E-state index contributed by atoms with van der Waals surface area (Å²) in [7, 11) is 0. The minimum atomic E-state index is -4.66.